The molecule has 0 unspecified atom stereocenters. The fourth-order valence-electron chi connectivity index (χ4n) is 6.82. The fraction of sp³-hybridized carbons (Fsp3) is 0.862. The Morgan fingerprint density at radius 3 is 2.26 bits per heavy atom. The van der Waals surface area contributed by atoms with Gasteiger partial charge in [0.25, 0.3) is 0 Å². The van der Waals surface area contributed by atoms with Gasteiger partial charge < -0.3 is 24.2 Å². The molecule has 0 aromatic carbocycles. The molecule has 4 aliphatic rings. The molecule has 1 amide bonds. The van der Waals surface area contributed by atoms with Gasteiger partial charge in [-0.25, -0.2) is 4.79 Å². The minimum atomic E-state index is -0.460. The zero-order chi connectivity index (χ0) is 27.9. The lowest BCUT2D eigenvalue weighted by molar-refractivity contribution is -0.0779. The lowest BCUT2D eigenvalue weighted by atomic mass is 9.82. The van der Waals surface area contributed by atoms with Crippen LogP contribution < -0.4 is 4.90 Å². The number of aromatic nitrogens is 2. The molecule has 5 rings (SSSR count). The lowest BCUT2D eigenvalue weighted by Crippen LogP contribution is -2.58. The van der Waals surface area contributed by atoms with Gasteiger partial charge in [-0.1, -0.05) is 0 Å². The third kappa shape index (κ3) is 6.70. The second-order valence-corrected chi connectivity index (χ2v) is 14.8. The van der Waals surface area contributed by atoms with Gasteiger partial charge in [0.2, 0.25) is 0 Å². The summed E-state index contributed by atoms with van der Waals surface area (Å²) >= 11 is 2.50. The van der Waals surface area contributed by atoms with E-state index in [2.05, 4.69) is 62.7 Å². The summed E-state index contributed by atoms with van der Waals surface area (Å²) in [6, 6.07) is 0.981. The van der Waals surface area contributed by atoms with Crippen molar-refractivity contribution in [2.75, 3.05) is 70.5 Å². The quantitative estimate of drug-likeness (QED) is 0.436. The SMILES string of the molecule is Cc1c(I)c(N2CC[C@@H](CN3CCN(C4COC4)CC3)CC2(C)C)nn1C1CCN(C(=O)OC(C)(C)C)CC1. The van der Waals surface area contributed by atoms with Crippen LogP contribution >= 0.6 is 22.6 Å². The van der Waals surface area contributed by atoms with Crippen LogP contribution in [-0.2, 0) is 9.47 Å². The number of piperazine rings is 1. The van der Waals surface area contributed by atoms with Crippen molar-refractivity contribution >= 4 is 34.5 Å². The van der Waals surface area contributed by atoms with Crippen molar-refractivity contribution in [2.24, 2.45) is 5.92 Å². The summed E-state index contributed by atoms with van der Waals surface area (Å²) in [7, 11) is 0. The summed E-state index contributed by atoms with van der Waals surface area (Å²) in [5.41, 5.74) is 0.853. The number of ether oxygens (including phenoxy) is 2. The molecule has 0 bridgehead atoms. The number of piperidine rings is 2. The van der Waals surface area contributed by atoms with E-state index in [-0.39, 0.29) is 11.6 Å². The average Bonchev–Trinajstić information content (AvgIpc) is 3.12. The van der Waals surface area contributed by atoms with Crippen molar-refractivity contribution in [2.45, 2.75) is 90.4 Å². The van der Waals surface area contributed by atoms with Crippen LogP contribution in [0.15, 0.2) is 0 Å². The van der Waals surface area contributed by atoms with Gasteiger partial charge in [0.15, 0.2) is 5.82 Å². The van der Waals surface area contributed by atoms with E-state index in [1.165, 1.54) is 54.8 Å². The van der Waals surface area contributed by atoms with E-state index in [0.29, 0.717) is 25.2 Å². The van der Waals surface area contributed by atoms with Gasteiger partial charge in [-0.05, 0) is 95.7 Å². The van der Waals surface area contributed by atoms with E-state index in [4.69, 9.17) is 14.6 Å². The smallest absolute Gasteiger partial charge is 0.410 e. The number of carbonyl (C=O) groups excluding carboxylic acids is 1. The van der Waals surface area contributed by atoms with E-state index < -0.39 is 5.60 Å². The number of anilines is 1. The molecule has 4 saturated heterocycles. The Balaban J connectivity index is 1.17. The lowest BCUT2D eigenvalue weighted by Gasteiger charge is -2.48. The maximum absolute atomic E-state index is 12.5. The highest BCUT2D eigenvalue weighted by molar-refractivity contribution is 14.1. The highest BCUT2D eigenvalue weighted by Gasteiger charge is 2.39. The fourth-order valence-corrected chi connectivity index (χ4v) is 7.47. The zero-order valence-corrected chi connectivity index (χ0v) is 27.1. The zero-order valence-electron chi connectivity index (χ0n) is 24.9. The standard InChI is InChI=1S/C29H49IN6O3/c1-21-25(30)26(31-36(21)23-8-10-34(11-9-23)27(37)39-28(2,3)4)35-12-7-22(17-29(35,5)6)18-32-13-15-33(16-14-32)24-19-38-20-24/h22-24H,7-20H2,1-6H3/t22-/m1/s1. The summed E-state index contributed by atoms with van der Waals surface area (Å²) < 4.78 is 14.5. The van der Waals surface area contributed by atoms with E-state index in [1.807, 2.05) is 25.7 Å². The number of amides is 1. The first-order valence-corrected chi connectivity index (χ1v) is 16.0. The normalized spacial score (nSPS) is 26.1. The molecule has 5 heterocycles. The minimum Gasteiger partial charge on any atom is -0.444 e. The molecule has 4 fully saturated rings. The van der Waals surface area contributed by atoms with Crippen LogP contribution in [0.25, 0.3) is 0 Å². The molecular weight excluding hydrogens is 607 g/mol. The van der Waals surface area contributed by atoms with E-state index in [0.717, 1.165) is 44.3 Å². The van der Waals surface area contributed by atoms with Crippen LogP contribution in [0.2, 0.25) is 0 Å². The number of halogens is 1. The van der Waals surface area contributed by atoms with Gasteiger partial charge >= 0.3 is 6.09 Å². The minimum absolute atomic E-state index is 0.0691. The van der Waals surface area contributed by atoms with Gasteiger partial charge in [-0.2, -0.15) is 5.10 Å². The largest absolute Gasteiger partial charge is 0.444 e. The third-order valence-corrected chi connectivity index (χ3v) is 10.4. The van der Waals surface area contributed by atoms with Crippen molar-refractivity contribution in [3.63, 3.8) is 0 Å². The Labute approximate surface area is 248 Å². The third-order valence-electron chi connectivity index (χ3n) is 9.12. The van der Waals surface area contributed by atoms with Crippen LogP contribution in [0.1, 0.15) is 72.0 Å². The first-order valence-electron chi connectivity index (χ1n) is 15.0. The Morgan fingerprint density at radius 2 is 1.69 bits per heavy atom. The maximum Gasteiger partial charge on any atom is 0.410 e. The molecule has 0 N–H and O–H groups in total. The van der Waals surface area contributed by atoms with Crippen molar-refractivity contribution < 1.29 is 14.3 Å². The number of nitrogens with zero attached hydrogens (tertiary/aromatic N) is 6. The monoisotopic (exact) mass is 656 g/mol. The summed E-state index contributed by atoms with van der Waals surface area (Å²) in [5, 5.41) is 5.23. The molecule has 10 heteroatoms. The number of carbonyl (C=O) groups is 1. The van der Waals surface area contributed by atoms with Crippen LogP contribution in [0, 0.1) is 16.4 Å². The second kappa shape index (κ2) is 11.6. The Bertz CT molecular complexity index is 1000. The highest BCUT2D eigenvalue weighted by Crippen LogP contribution is 2.39. The van der Waals surface area contributed by atoms with Gasteiger partial charge in [-0.15, -0.1) is 0 Å². The van der Waals surface area contributed by atoms with E-state index in [1.54, 1.807) is 0 Å². The van der Waals surface area contributed by atoms with Gasteiger partial charge in [-0.3, -0.25) is 9.58 Å². The van der Waals surface area contributed by atoms with Crippen molar-refractivity contribution in [1.29, 1.82) is 0 Å². The van der Waals surface area contributed by atoms with Crippen LogP contribution in [0.5, 0.6) is 0 Å². The maximum atomic E-state index is 12.5. The van der Waals surface area contributed by atoms with Gasteiger partial charge in [0, 0.05) is 57.9 Å². The molecule has 0 spiro atoms. The molecule has 9 nitrogen and oxygen atoms in total. The molecule has 39 heavy (non-hydrogen) atoms. The summed E-state index contributed by atoms with van der Waals surface area (Å²) in [5.74, 6) is 1.87. The predicted molar refractivity (Wildman–Crippen MR) is 163 cm³/mol. The van der Waals surface area contributed by atoms with E-state index >= 15 is 0 Å². The molecular formula is C29H49IN6O3. The molecule has 220 valence electrons. The molecule has 0 saturated carbocycles. The van der Waals surface area contributed by atoms with Crippen molar-refractivity contribution in [3.8, 4) is 0 Å². The number of hydrogen-bond acceptors (Lipinski definition) is 7. The topological polar surface area (TPSA) is 66.3 Å². The highest BCUT2D eigenvalue weighted by atomic mass is 127. The van der Waals surface area contributed by atoms with Crippen LogP contribution in [0.3, 0.4) is 0 Å². The van der Waals surface area contributed by atoms with Gasteiger partial charge in [0.1, 0.15) is 5.60 Å². The molecule has 1 aromatic heterocycles. The Kier molecular flexibility index (Phi) is 8.77. The number of rotatable bonds is 5. The Morgan fingerprint density at radius 1 is 1.03 bits per heavy atom. The van der Waals surface area contributed by atoms with Crippen LogP contribution in [-0.4, -0.2) is 113 Å². The summed E-state index contributed by atoms with van der Waals surface area (Å²) in [4.78, 5) is 22.3. The van der Waals surface area contributed by atoms with Crippen molar-refractivity contribution in [3.05, 3.63) is 9.26 Å². The molecule has 4 aliphatic heterocycles. The van der Waals surface area contributed by atoms with Crippen LogP contribution in [0.4, 0.5) is 10.6 Å². The number of likely N-dealkylation sites (tertiary alicyclic amines) is 1. The van der Waals surface area contributed by atoms with E-state index in [9.17, 15) is 4.79 Å². The number of hydrogen-bond donors (Lipinski definition) is 0. The summed E-state index contributed by atoms with van der Waals surface area (Å²) in [6.45, 7) is 23.0. The van der Waals surface area contributed by atoms with Crippen molar-refractivity contribution in [1.82, 2.24) is 24.5 Å². The molecule has 1 aromatic rings. The van der Waals surface area contributed by atoms with Gasteiger partial charge in [0.05, 0.1) is 34.6 Å². The predicted octanol–water partition coefficient (Wildman–Crippen LogP) is 4.38. The molecule has 0 radical (unpaired) electrons. The molecule has 1 atom stereocenters. The first-order chi connectivity index (χ1) is 18.4. The Hall–Kier alpha value is -1.11. The summed E-state index contributed by atoms with van der Waals surface area (Å²) in [6.07, 6.45) is 4.03. The second-order valence-electron chi connectivity index (χ2n) is 13.7. The first kappa shape index (κ1) is 29.4. The average molecular weight is 657 g/mol. The molecule has 0 aliphatic carbocycles.